The first-order chi connectivity index (χ1) is 9.61. The molecule has 0 spiro atoms. The van der Waals surface area contributed by atoms with Crippen LogP contribution in [0.5, 0.6) is 5.75 Å². The third-order valence-corrected chi connectivity index (χ3v) is 3.14. The number of methoxy groups -OCH3 is 1. The minimum atomic E-state index is -2.56. The standard InChI is InChI=1S/C14H17F2N3O/c1-10(11-3-5-12(20-2)6-4-11)18-9-13-17-7-8-19(13)14(15)16/h3-8,10,14,18H,9H2,1-2H3/t10-/m0/s1. The van der Waals surface area contributed by atoms with Crippen LogP contribution in [0.15, 0.2) is 36.7 Å². The van der Waals surface area contributed by atoms with Gasteiger partial charge in [-0.1, -0.05) is 12.1 Å². The molecule has 4 nitrogen and oxygen atoms in total. The maximum atomic E-state index is 12.7. The van der Waals surface area contributed by atoms with Gasteiger partial charge in [-0.05, 0) is 24.6 Å². The van der Waals surface area contributed by atoms with E-state index in [0.29, 0.717) is 5.82 Å². The summed E-state index contributed by atoms with van der Waals surface area (Å²) in [6.45, 7) is -0.312. The fourth-order valence-electron chi connectivity index (χ4n) is 1.91. The van der Waals surface area contributed by atoms with Gasteiger partial charge in [0.15, 0.2) is 0 Å². The summed E-state index contributed by atoms with van der Waals surface area (Å²) in [6.07, 6.45) is 2.65. The van der Waals surface area contributed by atoms with Crippen molar-refractivity contribution in [3.63, 3.8) is 0 Å². The number of halogens is 2. The highest BCUT2D eigenvalue weighted by molar-refractivity contribution is 5.28. The Kier molecular flexibility index (Phi) is 4.68. The van der Waals surface area contributed by atoms with Crippen LogP contribution in [0, 0.1) is 0 Å². The highest BCUT2D eigenvalue weighted by Gasteiger charge is 2.12. The second-order valence-electron chi connectivity index (χ2n) is 4.40. The average Bonchev–Trinajstić information content (AvgIpc) is 2.93. The number of ether oxygens (including phenoxy) is 1. The predicted octanol–water partition coefficient (Wildman–Crippen LogP) is 3.14. The number of hydrogen-bond donors (Lipinski definition) is 1. The summed E-state index contributed by atoms with van der Waals surface area (Å²) in [5.74, 6) is 1.11. The second-order valence-corrected chi connectivity index (χ2v) is 4.40. The molecule has 0 amide bonds. The van der Waals surface area contributed by atoms with Crippen LogP contribution >= 0.6 is 0 Å². The monoisotopic (exact) mass is 281 g/mol. The summed E-state index contributed by atoms with van der Waals surface area (Å²) >= 11 is 0. The fraction of sp³-hybridized carbons (Fsp3) is 0.357. The van der Waals surface area contributed by atoms with Gasteiger partial charge in [0.2, 0.25) is 0 Å². The highest BCUT2D eigenvalue weighted by Crippen LogP contribution is 2.18. The van der Waals surface area contributed by atoms with Crippen molar-refractivity contribution in [1.29, 1.82) is 0 Å². The number of hydrogen-bond acceptors (Lipinski definition) is 3. The Morgan fingerprint density at radius 3 is 2.60 bits per heavy atom. The molecule has 2 aromatic rings. The highest BCUT2D eigenvalue weighted by atomic mass is 19.3. The van der Waals surface area contributed by atoms with Crippen LogP contribution in [0.3, 0.4) is 0 Å². The molecule has 1 N–H and O–H groups in total. The van der Waals surface area contributed by atoms with E-state index >= 15 is 0 Å². The normalized spacial score (nSPS) is 12.7. The van der Waals surface area contributed by atoms with E-state index in [1.54, 1.807) is 7.11 Å². The van der Waals surface area contributed by atoms with Gasteiger partial charge in [-0.2, -0.15) is 8.78 Å². The van der Waals surface area contributed by atoms with E-state index in [1.165, 1.54) is 12.4 Å². The fourth-order valence-corrected chi connectivity index (χ4v) is 1.91. The Labute approximate surface area is 116 Å². The van der Waals surface area contributed by atoms with Crippen molar-refractivity contribution in [2.24, 2.45) is 0 Å². The molecule has 0 aliphatic heterocycles. The zero-order valence-corrected chi connectivity index (χ0v) is 11.4. The lowest BCUT2D eigenvalue weighted by Crippen LogP contribution is -2.20. The molecule has 6 heteroatoms. The SMILES string of the molecule is COc1ccc([C@H](C)NCc2nccn2C(F)F)cc1. The Hall–Kier alpha value is -1.95. The van der Waals surface area contributed by atoms with E-state index < -0.39 is 6.55 Å². The van der Waals surface area contributed by atoms with E-state index in [-0.39, 0.29) is 12.6 Å². The van der Waals surface area contributed by atoms with Gasteiger partial charge in [0.25, 0.3) is 0 Å². The minimum absolute atomic E-state index is 0.0312. The van der Waals surface area contributed by atoms with Gasteiger partial charge < -0.3 is 10.1 Å². The van der Waals surface area contributed by atoms with Crippen LogP contribution in [0.2, 0.25) is 0 Å². The molecule has 0 aliphatic rings. The second kappa shape index (κ2) is 6.47. The Balaban J connectivity index is 1.97. The van der Waals surface area contributed by atoms with Gasteiger partial charge in [-0.15, -0.1) is 0 Å². The largest absolute Gasteiger partial charge is 0.497 e. The molecule has 1 heterocycles. The van der Waals surface area contributed by atoms with Gasteiger partial charge in [0, 0.05) is 18.4 Å². The summed E-state index contributed by atoms with van der Waals surface area (Å²) in [5, 5.41) is 3.18. The first kappa shape index (κ1) is 14.5. The van der Waals surface area contributed by atoms with E-state index in [2.05, 4.69) is 10.3 Å². The number of benzene rings is 1. The van der Waals surface area contributed by atoms with E-state index in [9.17, 15) is 8.78 Å². The molecule has 1 atom stereocenters. The van der Waals surface area contributed by atoms with Crippen molar-refractivity contribution < 1.29 is 13.5 Å². The summed E-state index contributed by atoms with van der Waals surface area (Å²) in [5.41, 5.74) is 1.06. The van der Waals surface area contributed by atoms with Crippen LogP contribution in [0.4, 0.5) is 8.78 Å². The number of alkyl halides is 2. The molecule has 0 saturated heterocycles. The molecule has 0 saturated carbocycles. The lowest BCUT2D eigenvalue weighted by atomic mass is 10.1. The molecule has 0 unspecified atom stereocenters. The minimum Gasteiger partial charge on any atom is -0.497 e. The van der Waals surface area contributed by atoms with E-state index in [1.807, 2.05) is 31.2 Å². The molecule has 0 fully saturated rings. The van der Waals surface area contributed by atoms with Gasteiger partial charge in [0.1, 0.15) is 11.6 Å². The first-order valence-electron chi connectivity index (χ1n) is 6.29. The molecule has 1 aromatic heterocycles. The number of nitrogens with zero attached hydrogens (tertiary/aromatic N) is 2. The Morgan fingerprint density at radius 2 is 2.00 bits per heavy atom. The van der Waals surface area contributed by atoms with Gasteiger partial charge in [-0.3, -0.25) is 4.57 Å². The Morgan fingerprint density at radius 1 is 1.30 bits per heavy atom. The van der Waals surface area contributed by atoms with Crippen LogP contribution in [0.25, 0.3) is 0 Å². The van der Waals surface area contributed by atoms with Crippen molar-refractivity contribution >= 4 is 0 Å². The van der Waals surface area contributed by atoms with Crippen molar-refractivity contribution in [3.05, 3.63) is 48.0 Å². The summed E-state index contributed by atoms with van der Waals surface area (Å²) in [7, 11) is 1.61. The zero-order chi connectivity index (χ0) is 14.5. The van der Waals surface area contributed by atoms with Gasteiger partial charge in [0.05, 0.1) is 13.7 Å². The van der Waals surface area contributed by atoms with Crippen LogP contribution in [0.1, 0.15) is 30.9 Å². The molecule has 2 rings (SSSR count). The van der Waals surface area contributed by atoms with Crippen LogP contribution in [-0.4, -0.2) is 16.7 Å². The topological polar surface area (TPSA) is 39.1 Å². The number of imidazole rings is 1. The first-order valence-corrected chi connectivity index (χ1v) is 6.29. The molecule has 1 aromatic carbocycles. The van der Waals surface area contributed by atoms with E-state index in [4.69, 9.17) is 4.74 Å². The number of rotatable bonds is 6. The van der Waals surface area contributed by atoms with Gasteiger partial charge >= 0.3 is 6.55 Å². The predicted molar refractivity (Wildman–Crippen MR) is 71.7 cm³/mol. The van der Waals surface area contributed by atoms with Crippen LogP contribution in [-0.2, 0) is 6.54 Å². The van der Waals surface area contributed by atoms with Gasteiger partial charge in [-0.25, -0.2) is 4.98 Å². The summed E-state index contributed by atoms with van der Waals surface area (Å²) < 4.78 is 31.3. The summed E-state index contributed by atoms with van der Waals surface area (Å²) in [6, 6.07) is 7.65. The Bertz CT molecular complexity index is 540. The summed E-state index contributed by atoms with van der Waals surface area (Å²) in [4.78, 5) is 3.93. The third kappa shape index (κ3) is 3.33. The molecule has 0 aliphatic carbocycles. The van der Waals surface area contributed by atoms with Crippen molar-refractivity contribution in [3.8, 4) is 5.75 Å². The maximum Gasteiger partial charge on any atom is 0.319 e. The smallest absolute Gasteiger partial charge is 0.319 e. The molecular formula is C14H17F2N3O. The van der Waals surface area contributed by atoms with E-state index in [0.717, 1.165) is 15.9 Å². The molecule has 0 radical (unpaired) electrons. The number of nitrogens with one attached hydrogen (secondary N) is 1. The lowest BCUT2D eigenvalue weighted by Gasteiger charge is -2.15. The lowest BCUT2D eigenvalue weighted by molar-refractivity contribution is 0.0665. The number of aromatic nitrogens is 2. The molecular weight excluding hydrogens is 264 g/mol. The van der Waals surface area contributed by atoms with Crippen LogP contribution < -0.4 is 10.1 Å². The molecule has 0 bridgehead atoms. The van der Waals surface area contributed by atoms with Crippen molar-refractivity contribution in [2.75, 3.05) is 7.11 Å². The van der Waals surface area contributed by atoms with Crippen molar-refractivity contribution in [2.45, 2.75) is 26.1 Å². The van der Waals surface area contributed by atoms with Crippen molar-refractivity contribution in [1.82, 2.24) is 14.9 Å². The third-order valence-electron chi connectivity index (χ3n) is 3.14. The zero-order valence-electron chi connectivity index (χ0n) is 11.4. The average molecular weight is 281 g/mol. The molecule has 108 valence electrons. The molecule has 20 heavy (non-hydrogen) atoms. The maximum absolute atomic E-state index is 12.7. The quantitative estimate of drug-likeness (QED) is 0.884.